The van der Waals surface area contributed by atoms with Crippen molar-refractivity contribution in [2.24, 2.45) is 0 Å². The van der Waals surface area contributed by atoms with Crippen molar-refractivity contribution < 1.29 is 32.3 Å². The molecule has 10 nitrogen and oxygen atoms in total. The number of halogens is 1. The molecule has 0 heterocycles. The van der Waals surface area contributed by atoms with E-state index in [-0.39, 0.29) is 17.0 Å². The second-order valence-electron chi connectivity index (χ2n) is 12.4. The van der Waals surface area contributed by atoms with E-state index in [1.807, 2.05) is 24.3 Å². The largest absolute Gasteiger partial charge is 0.479 e. The molecule has 3 amide bonds. The molecule has 1 aliphatic carbocycles. The van der Waals surface area contributed by atoms with Crippen LogP contribution in [0.15, 0.2) is 102 Å². The minimum absolute atomic E-state index is 0.0568. The van der Waals surface area contributed by atoms with Crippen LogP contribution in [0.5, 0.6) is 0 Å². The molecule has 1 aliphatic rings. The number of carbonyl (C=O) groups is 3. The van der Waals surface area contributed by atoms with E-state index in [4.69, 9.17) is 5.11 Å². The number of carboxylic acid groups (broad SMARTS) is 1. The highest BCUT2D eigenvalue weighted by molar-refractivity contribution is 7.92. The Morgan fingerprint density at radius 3 is 2.18 bits per heavy atom. The van der Waals surface area contributed by atoms with E-state index in [2.05, 4.69) is 10.6 Å². The maximum atomic E-state index is 14.0. The molecule has 3 N–H and O–H groups in total. The highest BCUT2D eigenvalue weighted by atomic mass is 32.2. The van der Waals surface area contributed by atoms with Crippen LogP contribution in [0.1, 0.15) is 65.1 Å². The number of alkyl halides is 1. The van der Waals surface area contributed by atoms with Gasteiger partial charge < -0.3 is 15.7 Å². The molecule has 4 aromatic carbocycles. The van der Waals surface area contributed by atoms with Crippen LogP contribution in [0.3, 0.4) is 0 Å². The van der Waals surface area contributed by atoms with Crippen LogP contribution in [0, 0.1) is 6.92 Å². The molecule has 5 rings (SSSR count). The first-order valence-corrected chi connectivity index (χ1v) is 17.9. The molecule has 1 atom stereocenters. The minimum Gasteiger partial charge on any atom is -0.479 e. The van der Waals surface area contributed by atoms with E-state index < -0.39 is 40.6 Å². The summed E-state index contributed by atoms with van der Waals surface area (Å²) in [6, 6.07) is 27.2. The Labute approximate surface area is 292 Å². The molecular formula is C38H41FN4O6S. The lowest BCUT2D eigenvalue weighted by atomic mass is 9.84. The molecule has 50 heavy (non-hydrogen) atoms. The summed E-state index contributed by atoms with van der Waals surface area (Å²) in [5.41, 5.74) is 4.04. The number of para-hydroxylation sites is 1. The summed E-state index contributed by atoms with van der Waals surface area (Å²) in [4.78, 5) is 38.8. The number of aryl methyl sites for hydroxylation is 1. The molecule has 0 bridgehead atoms. The van der Waals surface area contributed by atoms with E-state index in [0.29, 0.717) is 34.1 Å². The maximum Gasteiger partial charge on any atom is 0.340 e. The van der Waals surface area contributed by atoms with Crippen LogP contribution in [0.25, 0.3) is 0 Å². The van der Waals surface area contributed by atoms with Gasteiger partial charge in [0.15, 0.2) is 0 Å². The topological polar surface area (TPSA) is 136 Å². The Morgan fingerprint density at radius 2 is 1.54 bits per heavy atom. The second-order valence-corrected chi connectivity index (χ2v) is 14.4. The lowest BCUT2D eigenvalue weighted by Crippen LogP contribution is -2.35. The SMILES string of the molecule is Cc1ccc(NC(=O)N(Cc2ccc(C(=O)NCC(F)C(=O)O)cc2)c2ccc(C3CCCCC3)cc2)cc1S(=O)(=O)N(C)c1ccccc1. The second kappa shape index (κ2) is 16.0. The van der Waals surface area contributed by atoms with Gasteiger partial charge in [0, 0.05) is 24.0 Å². The van der Waals surface area contributed by atoms with Gasteiger partial charge in [-0.1, -0.05) is 67.8 Å². The monoisotopic (exact) mass is 700 g/mol. The quantitative estimate of drug-likeness (QED) is 0.142. The summed E-state index contributed by atoms with van der Waals surface area (Å²) in [5.74, 6) is -1.81. The van der Waals surface area contributed by atoms with Crippen molar-refractivity contribution in [3.05, 3.63) is 119 Å². The molecule has 0 aliphatic heterocycles. The zero-order valence-corrected chi connectivity index (χ0v) is 28.8. The van der Waals surface area contributed by atoms with Gasteiger partial charge in [0.05, 0.1) is 23.7 Å². The average Bonchev–Trinajstić information content (AvgIpc) is 3.14. The first kappa shape index (κ1) is 36.1. The Hall–Kier alpha value is -5.23. The molecule has 1 unspecified atom stereocenters. The molecule has 4 aromatic rings. The Balaban J connectivity index is 1.39. The number of anilines is 3. The third-order valence-corrected chi connectivity index (χ3v) is 10.9. The van der Waals surface area contributed by atoms with E-state index in [1.165, 1.54) is 59.3 Å². The number of nitrogens with one attached hydrogen (secondary N) is 2. The Kier molecular flexibility index (Phi) is 11.5. The maximum absolute atomic E-state index is 14.0. The highest BCUT2D eigenvalue weighted by Gasteiger charge is 2.25. The van der Waals surface area contributed by atoms with E-state index >= 15 is 0 Å². The van der Waals surface area contributed by atoms with Gasteiger partial charge in [0.2, 0.25) is 6.17 Å². The fourth-order valence-corrected chi connectivity index (χ4v) is 7.47. The molecule has 0 saturated heterocycles. The summed E-state index contributed by atoms with van der Waals surface area (Å²) in [7, 11) is -2.47. The first-order chi connectivity index (χ1) is 23.9. The zero-order chi connectivity index (χ0) is 35.8. The number of sulfonamides is 1. The van der Waals surface area contributed by atoms with Crippen LogP contribution in [0.4, 0.5) is 26.2 Å². The van der Waals surface area contributed by atoms with Crippen molar-refractivity contribution >= 4 is 45.0 Å². The molecular weight excluding hydrogens is 660 g/mol. The van der Waals surface area contributed by atoms with Crippen molar-refractivity contribution in [3.63, 3.8) is 0 Å². The van der Waals surface area contributed by atoms with Crippen LogP contribution < -0.4 is 19.8 Å². The third kappa shape index (κ3) is 8.67. The van der Waals surface area contributed by atoms with Crippen molar-refractivity contribution in [2.75, 3.05) is 28.1 Å². The summed E-state index contributed by atoms with van der Waals surface area (Å²) in [5, 5.41) is 13.9. The van der Waals surface area contributed by atoms with E-state index in [0.717, 1.165) is 12.8 Å². The van der Waals surface area contributed by atoms with E-state index in [9.17, 15) is 27.2 Å². The molecule has 0 aromatic heterocycles. The minimum atomic E-state index is -3.96. The molecule has 1 fully saturated rings. The van der Waals surface area contributed by atoms with Gasteiger partial charge in [0.25, 0.3) is 15.9 Å². The molecule has 12 heteroatoms. The summed E-state index contributed by atoms with van der Waals surface area (Å²) < 4.78 is 42.0. The number of hydrogen-bond acceptors (Lipinski definition) is 5. The predicted molar refractivity (Wildman–Crippen MR) is 192 cm³/mol. The third-order valence-electron chi connectivity index (χ3n) is 8.99. The number of urea groups is 1. The highest BCUT2D eigenvalue weighted by Crippen LogP contribution is 2.34. The Bertz CT molecular complexity index is 1920. The lowest BCUT2D eigenvalue weighted by Gasteiger charge is -2.26. The van der Waals surface area contributed by atoms with Crippen molar-refractivity contribution in [3.8, 4) is 0 Å². The van der Waals surface area contributed by atoms with Crippen LogP contribution in [0.2, 0.25) is 0 Å². The summed E-state index contributed by atoms with van der Waals surface area (Å²) in [6.07, 6.45) is 3.67. The smallest absolute Gasteiger partial charge is 0.340 e. The van der Waals surface area contributed by atoms with Crippen LogP contribution in [-0.4, -0.2) is 51.2 Å². The zero-order valence-electron chi connectivity index (χ0n) is 28.0. The van der Waals surface area contributed by atoms with Gasteiger partial charge >= 0.3 is 12.0 Å². The Morgan fingerprint density at radius 1 is 0.880 bits per heavy atom. The lowest BCUT2D eigenvalue weighted by molar-refractivity contribution is -0.142. The fourth-order valence-electron chi connectivity index (χ4n) is 6.03. The van der Waals surface area contributed by atoms with E-state index in [1.54, 1.807) is 61.5 Å². The van der Waals surface area contributed by atoms with Crippen molar-refractivity contribution in [1.29, 1.82) is 0 Å². The average molecular weight is 701 g/mol. The number of carboxylic acids is 1. The summed E-state index contributed by atoms with van der Waals surface area (Å²) in [6.45, 7) is 1.14. The van der Waals surface area contributed by atoms with Crippen LogP contribution in [-0.2, 0) is 21.4 Å². The number of aliphatic carboxylic acids is 1. The standard InChI is InChI=1S/C38H41FN4O6S/c1-26-13-20-31(23-35(26)50(48,49)42(2)32-11-7-4-8-12-32)41-38(47)43(33-21-18-29(19-22-33)28-9-5-3-6-10-28)25-27-14-16-30(17-15-27)36(44)40-24-34(39)37(45)46/h4,7-8,11-23,28,34H,3,5-6,9-10,24-25H2,1-2H3,(H,40,44)(H,41,47)(H,45,46). The number of rotatable bonds is 12. The molecule has 262 valence electrons. The van der Waals surface area contributed by atoms with Gasteiger partial charge in [-0.05, 0) is 90.9 Å². The fraction of sp³-hybridized carbons (Fsp3) is 0.289. The number of carbonyl (C=O) groups excluding carboxylic acids is 2. The molecule has 0 radical (unpaired) electrons. The van der Waals surface area contributed by atoms with Gasteiger partial charge in [-0.25, -0.2) is 22.4 Å². The number of amides is 3. The van der Waals surface area contributed by atoms with Gasteiger partial charge in [-0.3, -0.25) is 14.0 Å². The van der Waals surface area contributed by atoms with Crippen molar-refractivity contribution in [2.45, 2.75) is 62.6 Å². The number of hydrogen-bond donors (Lipinski definition) is 3. The van der Waals surface area contributed by atoms with Crippen molar-refractivity contribution in [1.82, 2.24) is 5.32 Å². The summed E-state index contributed by atoms with van der Waals surface area (Å²) >= 11 is 0. The molecule has 1 saturated carbocycles. The van der Waals surface area contributed by atoms with Gasteiger partial charge in [-0.15, -0.1) is 0 Å². The van der Waals surface area contributed by atoms with Gasteiger partial charge in [-0.2, -0.15) is 0 Å². The van der Waals surface area contributed by atoms with Crippen LogP contribution >= 0.6 is 0 Å². The number of benzene rings is 4. The molecule has 0 spiro atoms. The predicted octanol–water partition coefficient (Wildman–Crippen LogP) is 7.26. The first-order valence-electron chi connectivity index (χ1n) is 16.5. The number of nitrogens with zero attached hydrogens (tertiary/aromatic N) is 2. The normalized spacial score (nSPS) is 14.0. The van der Waals surface area contributed by atoms with Gasteiger partial charge in [0.1, 0.15) is 0 Å².